The number of carboxylic acid groups (broad SMARTS) is 1. The maximum absolute atomic E-state index is 10.8. The van der Waals surface area contributed by atoms with Crippen molar-refractivity contribution in [3.8, 4) is 5.75 Å². The number of thioether (sulfide) groups is 1. The molecule has 0 saturated carbocycles. The van der Waals surface area contributed by atoms with Crippen LogP contribution in [0.5, 0.6) is 5.75 Å². The van der Waals surface area contributed by atoms with Gasteiger partial charge in [0, 0.05) is 12.3 Å². The van der Waals surface area contributed by atoms with Crippen LogP contribution in [0.3, 0.4) is 0 Å². The van der Waals surface area contributed by atoms with Gasteiger partial charge < -0.3 is 14.4 Å². The summed E-state index contributed by atoms with van der Waals surface area (Å²) in [6.45, 7) is 3.05. The summed E-state index contributed by atoms with van der Waals surface area (Å²) in [6, 6.07) is 18.1. The lowest BCUT2D eigenvalue weighted by atomic mass is 10.1. The summed E-state index contributed by atoms with van der Waals surface area (Å²) in [5.74, 6) is 1.15. The van der Waals surface area contributed by atoms with E-state index in [1.54, 1.807) is 0 Å². The Morgan fingerprint density at radius 2 is 1.86 bits per heavy atom. The molecule has 1 N–H and O–H groups in total. The van der Waals surface area contributed by atoms with E-state index < -0.39 is 5.97 Å². The molecule has 0 aliphatic heterocycles. The van der Waals surface area contributed by atoms with Crippen LogP contribution in [0.2, 0.25) is 0 Å². The molecular formula is C21H23N3O3S. The second kappa shape index (κ2) is 9.94. The second-order valence-electron chi connectivity index (χ2n) is 6.38. The van der Waals surface area contributed by atoms with Gasteiger partial charge in [-0.25, -0.2) is 0 Å². The Balaban J connectivity index is 1.70. The van der Waals surface area contributed by atoms with Crippen LogP contribution in [0.1, 0.15) is 23.4 Å². The van der Waals surface area contributed by atoms with E-state index >= 15 is 0 Å². The molecule has 0 atom stereocenters. The van der Waals surface area contributed by atoms with E-state index in [-0.39, 0.29) is 6.42 Å². The van der Waals surface area contributed by atoms with Gasteiger partial charge >= 0.3 is 5.97 Å². The van der Waals surface area contributed by atoms with Crippen molar-refractivity contribution in [1.29, 1.82) is 0 Å². The average molecular weight is 398 g/mol. The number of carboxylic acids is 1. The Kier molecular flexibility index (Phi) is 7.08. The monoisotopic (exact) mass is 397 g/mol. The summed E-state index contributed by atoms with van der Waals surface area (Å²) in [6.07, 6.45) is 0.925. The number of hydrogen-bond donors (Lipinski definition) is 1. The molecule has 0 fully saturated rings. The highest BCUT2D eigenvalue weighted by atomic mass is 32.2. The first-order chi connectivity index (χ1) is 13.6. The fourth-order valence-electron chi connectivity index (χ4n) is 2.65. The van der Waals surface area contributed by atoms with Crippen LogP contribution in [0.15, 0.2) is 59.8 Å². The van der Waals surface area contributed by atoms with Crippen LogP contribution in [0, 0.1) is 6.92 Å². The van der Waals surface area contributed by atoms with Crippen molar-refractivity contribution in [3.63, 3.8) is 0 Å². The van der Waals surface area contributed by atoms with Crippen LogP contribution in [0.4, 0.5) is 0 Å². The minimum Gasteiger partial charge on any atom is -0.486 e. The minimum atomic E-state index is -0.814. The van der Waals surface area contributed by atoms with E-state index in [9.17, 15) is 4.79 Å². The van der Waals surface area contributed by atoms with Crippen LogP contribution >= 0.6 is 11.8 Å². The highest BCUT2D eigenvalue weighted by Gasteiger charge is 2.14. The van der Waals surface area contributed by atoms with Gasteiger partial charge in [0.05, 0.1) is 6.42 Å². The molecule has 0 aliphatic carbocycles. The first-order valence-corrected chi connectivity index (χ1v) is 10.1. The van der Waals surface area contributed by atoms with Gasteiger partial charge in [-0.05, 0) is 31.0 Å². The number of aryl methyl sites for hydroxylation is 2. The first kappa shape index (κ1) is 19.9. The fraction of sp³-hybridized carbons (Fsp3) is 0.286. The topological polar surface area (TPSA) is 77.2 Å². The smallest absolute Gasteiger partial charge is 0.304 e. The normalized spacial score (nSPS) is 10.8. The van der Waals surface area contributed by atoms with E-state index in [4.69, 9.17) is 9.84 Å². The molecule has 0 unspecified atom stereocenters. The third-order valence-electron chi connectivity index (χ3n) is 4.20. The van der Waals surface area contributed by atoms with Crippen molar-refractivity contribution < 1.29 is 14.6 Å². The summed E-state index contributed by atoms with van der Waals surface area (Å²) in [5, 5.41) is 18.1. The SMILES string of the molecule is Cc1ccc(OCc2nnc(SCCC(=O)O)n2CCc2ccccc2)cc1. The van der Waals surface area contributed by atoms with Gasteiger partial charge in [0.15, 0.2) is 11.0 Å². The van der Waals surface area contributed by atoms with Crippen LogP contribution in [0.25, 0.3) is 0 Å². The Bertz CT molecular complexity index is 895. The summed E-state index contributed by atoms with van der Waals surface area (Å²) in [4.78, 5) is 10.8. The lowest BCUT2D eigenvalue weighted by molar-refractivity contribution is -0.136. The summed E-state index contributed by atoms with van der Waals surface area (Å²) in [7, 11) is 0. The van der Waals surface area contributed by atoms with E-state index in [1.165, 1.54) is 22.9 Å². The zero-order chi connectivity index (χ0) is 19.8. The maximum Gasteiger partial charge on any atom is 0.304 e. The predicted octanol–water partition coefficient (Wildman–Crippen LogP) is 3.98. The zero-order valence-electron chi connectivity index (χ0n) is 15.7. The van der Waals surface area contributed by atoms with Crippen molar-refractivity contribution in [3.05, 3.63) is 71.5 Å². The van der Waals surface area contributed by atoms with Crippen molar-refractivity contribution >= 4 is 17.7 Å². The second-order valence-corrected chi connectivity index (χ2v) is 7.44. The van der Waals surface area contributed by atoms with Crippen molar-refractivity contribution in [1.82, 2.24) is 14.8 Å². The molecule has 1 aromatic heterocycles. The van der Waals surface area contributed by atoms with Gasteiger partial charge in [0.2, 0.25) is 0 Å². The van der Waals surface area contributed by atoms with Gasteiger partial charge in [-0.3, -0.25) is 4.79 Å². The molecule has 28 heavy (non-hydrogen) atoms. The molecular weight excluding hydrogens is 374 g/mol. The number of aliphatic carboxylic acids is 1. The highest BCUT2D eigenvalue weighted by Crippen LogP contribution is 2.20. The average Bonchev–Trinajstić information content (AvgIpc) is 3.08. The maximum atomic E-state index is 10.8. The molecule has 0 bridgehead atoms. The Morgan fingerprint density at radius 3 is 2.57 bits per heavy atom. The summed E-state index contributed by atoms with van der Waals surface area (Å²) in [5.41, 5.74) is 2.40. The molecule has 146 valence electrons. The van der Waals surface area contributed by atoms with Crippen molar-refractivity contribution in [2.45, 2.75) is 38.1 Å². The van der Waals surface area contributed by atoms with E-state index in [0.717, 1.165) is 23.2 Å². The quantitative estimate of drug-likeness (QED) is 0.522. The molecule has 3 rings (SSSR count). The fourth-order valence-corrected chi connectivity index (χ4v) is 3.57. The number of benzene rings is 2. The third-order valence-corrected chi connectivity index (χ3v) is 5.16. The third kappa shape index (κ3) is 5.85. The minimum absolute atomic E-state index is 0.0887. The largest absolute Gasteiger partial charge is 0.486 e. The van der Waals surface area contributed by atoms with Gasteiger partial charge in [0.25, 0.3) is 0 Å². The number of rotatable bonds is 10. The molecule has 6 nitrogen and oxygen atoms in total. The van der Waals surface area contributed by atoms with Gasteiger partial charge in [-0.2, -0.15) is 0 Å². The number of aromatic nitrogens is 3. The number of carbonyl (C=O) groups is 1. The van der Waals surface area contributed by atoms with Crippen LogP contribution in [-0.4, -0.2) is 31.6 Å². The van der Waals surface area contributed by atoms with Gasteiger partial charge in [-0.1, -0.05) is 59.8 Å². The molecule has 3 aromatic rings. The van der Waals surface area contributed by atoms with Gasteiger partial charge in [0.1, 0.15) is 12.4 Å². The molecule has 0 amide bonds. The molecule has 0 spiro atoms. The molecule has 0 saturated heterocycles. The molecule has 2 aromatic carbocycles. The summed E-state index contributed by atoms with van der Waals surface area (Å²) < 4.78 is 7.89. The first-order valence-electron chi connectivity index (χ1n) is 9.12. The standard InChI is InChI=1S/C21H23N3O3S/c1-16-7-9-18(10-8-16)27-15-19-22-23-21(28-14-12-20(25)26)24(19)13-11-17-5-3-2-4-6-17/h2-10H,11-15H2,1H3,(H,25,26). The van der Waals surface area contributed by atoms with E-state index in [2.05, 4.69) is 22.3 Å². The number of hydrogen-bond acceptors (Lipinski definition) is 5. The summed E-state index contributed by atoms with van der Waals surface area (Å²) >= 11 is 1.41. The Morgan fingerprint density at radius 1 is 1.11 bits per heavy atom. The predicted molar refractivity (Wildman–Crippen MR) is 109 cm³/mol. The lowest BCUT2D eigenvalue weighted by Crippen LogP contribution is -2.10. The van der Waals surface area contributed by atoms with Gasteiger partial charge in [-0.15, -0.1) is 10.2 Å². The van der Waals surface area contributed by atoms with Crippen LogP contribution in [-0.2, 0) is 24.4 Å². The lowest BCUT2D eigenvalue weighted by Gasteiger charge is -2.11. The molecule has 7 heteroatoms. The Hall–Kier alpha value is -2.80. The molecule has 0 aliphatic rings. The zero-order valence-corrected chi connectivity index (χ0v) is 16.6. The Labute approximate surface area is 168 Å². The molecule has 0 radical (unpaired) electrons. The van der Waals surface area contributed by atoms with Crippen molar-refractivity contribution in [2.75, 3.05) is 5.75 Å². The molecule has 1 heterocycles. The number of ether oxygens (including phenoxy) is 1. The van der Waals surface area contributed by atoms with E-state index in [0.29, 0.717) is 18.9 Å². The van der Waals surface area contributed by atoms with Crippen molar-refractivity contribution in [2.24, 2.45) is 0 Å². The van der Waals surface area contributed by atoms with Crippen LogP contribution < -0.4 is 4.74 Å². The van der Waals surface area contributed by atoms with E-state index in [1.807, 2.05) is 54.0 Å². The highest BCUT2D eigenvalue weighted by molar-refractivity contribution is 7.99. The number of nitrogens with zero attached hydrogens (tertiary/aromatic N) is 3.